The van der Waals surface area contributed by atoms with Crippen molar-refractivity contribution in [1.82, 2.24) is 5.32 Å². The van der Waals surface area contributed by atoms with Crippen LogP contribution in [0.15, 0.2) is 42.5 Å². The molecule has 1 aliphatic carbocycles. The van der Waals surface area contributed by atoms with Gasteiger partial charge < -0.3 is 5.32 Å². The monoisotopic (exact) mass is 283 g/mol. The van der Waals surface area contributed by atoms with E-state index in [0.717, 1.165) is 11.1 Å². The molecular weight excluding hydrogens is 261 g/mol. The summed E-state index contributed by atoms with van der Waals surface area (Å²) < 4.78 is 14.2. The Hall–Kier alpha value is -1.67. The fourth-order valence-corrected chi connectivity index (χ4v) is 2.90. The Bertz CT molecular complexity index is 631. The minimum atomic E-state index is -0.146. The van der Waals surface area contributed by atoms with Gasteiger partial charge in [0.2, 0.25) is 0 Å². The molecule has 0 radical (unpaired) electrons. The van der Waals surface area contributed by atoms with Crippen molar-refractivity contribution in [2.24, 2.45) is 0 Å². The summed E-state index contributed by atoms with van der Waals surface area (Å²) in [6.45, 7) is 2.09. The topological polar surface area (TPSA) is 12.0 Å². The Morgan fingerprint density at radius 1 is 1.14 bits per heavy atom. The molecule has 1 aliphatic rings. The molecule has 2 aromatic carbocycles. The van der Waals surface area contributed by atoms with Gasteiger partial charge >= 0.3 is 0 Å². The van der Waals surface area contributed by atoms with E-state index in [9.17, 15) is 4.39 Å². The lowest BCUT2D eigenvalue weighted by molar-refractivity contribution is 0.420. The highest BCUT2D eigenvalue weighted by atomic mass is 19.1. The van der Waals surface area contributed by atoms with Crippen molar-refractivity contribution in [3.63, 3.8) is 0 Å². The second-order valence-corrected chi connectivity index (χ2v) is 6.00. The van der Waals surface area contributed by atoms with Gasteiger partial charge in [-0.25, -0.2) is 4.39 Å². The van der Waals surface area contributed by atoms with Crippen LogP contribution in [0.2, 0.25) is 0 Å². The molecule has 3 rings (SSSR count). The van der Waals surface area contributed by atoms with Crippen molar-refractivity contribution < 1.29 is 4.39 Å². The van der Waals surface area contributed by atoms with Gasteiger partial charge in [-0.15, -0.1) is 0 Å². The molecule has 1 saturated carbocycles. The molecule has 0 spiro atoms. The average Bonchev–Trinajstić information content (AvgIpc) is 2.45. The van der Waals surface area contributed by atoms with Gasteiger partial charge in [0.05, 0.1) is 0 Å². The van der Waals surface area contributed by atoms with Crippen LogP contribution in [0.3, 0.4) is 0 Å². The third-order valence-corrected chi connectivity index (χ3v) is 4.70. The number of rotatable bonds is 4. The van der Waals surface area contributed by atoms with Gasteiger partial charge in [-0.2, -0.15) is 0 Å². The molecule has 21 heavy (non-hydrogen) atoms. The second-order valence-electron chi connectivity index (χ2n) is 6.00. The van der Waals surface area contributed by atoms with Crippen molar-refractivity contribution in [2.75, 3.05) is 7.05 Å². The van der Waals surface area contributed by atoms with E-state index in [0.29, 0.717) is 11.5 Å². The van der Waals surface area contributed by atoms with Gasteiger partial charge in [-0.3, -0.25) is 0 Å². The first-order chi connectivity index (χ1) is 10.2. The largest absolute Gasteiger partial charge is 0.313 e. The Balaban J connectivity index is 1.99. The van der Waals surface area contributed by atoms with Crippen molar-refractivity contribution in [2.45, 2.75) is 38.1 Å². The molecule has 0 aromatic heterocycles. The molecule has 1 atom stereocenters. The molecule has 1 fully saturated rings. The fraction of sp³-hybridized carbons (Fsp3) is 0.368. The number of hydrogen-bond acceptors (Lipinski definition) is 1. The standard InChI is InChI=1S/C19H22FN/c1-13(21-2)15-9-10-19(20)18(12-15)17-8-4-7-16(11-17)14-5-3-6-14/h4,7-14,21H,3,5-6H2,1-2H3. The fourth-order valence-electron chi connectivity index (χ4n) is 2.90. The molecule has 1 N–H and O–H groups in total. The predicted octanol–water partition coefficient (Wildman–Crippen LogP) is 5.04. The molecule has 1 unspecified atom stereocenters. The highest BCUT2D eigenvalue weighted by molar-refractivity contribution is 5.66. The minimum Gasteiger partial charge on any atom is -0.313 e. The maximum atomic E-state index is 14.2. The lowest BCUT2D eigenvalue weighted by Crippen LogP contribution is -2.12. The molecule has 110 valence electrons. The number of halogens is 1. The summed E-state index contributed by atoms with van der Waals surface area (Å²) in [7, 11) is 1.92. The number of nitrogens with one attached hydrogen (secondary N) is 1. The number of hydrogen-bond donors (Lipinski definition) is 1. The summed E-state index contributed by atoms with van der Waals surface area (Å²) in [5.41, 5.74) is 4.16. The van der Waals surface area contributed by atoms with Crippen LogP contribution in [0.1, 0.15) is 49.3 Å². The van der Waals surface area contributed by atoms with Crippen LogP contribution >= 0.6 is 0 Å². The van der Waals surface area contributed by atoms with Crippen LogP contribution in [-0.2, 0) is 0 Å². The van der Waals surface area contributed by atoms with E-state index in [1.54, 1.807) is 6.07 Å². The van der Waals surface area contributed by atoms with Crippen molar-refractivity contribution in [3.05, 3.63) is 59.4 Å². The van der Waals surface area contributed by atoms with Gasteiger partial charge in [0.15, 0.2) is 0 Å². The van der Waals surface area contributed by atoms with Crippen LogP contribution in [0.4, 0.5) is 4.39 Å². The van der Waals surface area contributed by atoms with Crippen molar-refractivity contribution >= 4 is 0 Å². The number of benzene rings is 2. The first kappa shape index (κ1) is 14.3. The third-order valence-electron chi connectivity index (χ3n) is 4.70. The maximum absolute atomic E-state index is 14.2. The summed E-state index contributed by atoms with van der Waals surface area (Å²) in [5, 5.41) is 3.20. The van der Waals surface area contributed by atoms with E-state index in [1.165, 1.54) is 24.8 Å². The zero-order chi connectivity index (χ0) is 14.8. The highest BCUT2D eigenvalue weighted by Gasteiger charge is 2.20. The zero-order valence-electron chi connectivity index (χ0n) is 12.7. The molecule has 0 heterocycles. The van der Waals surface area contributed by atoms with Gasteiger partial charge in [0, 0.05) is 11.6 Å². The third kappa shape index (κ3) is 2.86. The minimum absolute atomic E-state index is 0.146. The zero-order valence-corrected chi connectivity index (χ0v) is 12.7. The van der Waals surface area contributed by atoms with Crippen LogP contribution in [0.25, 0.3) is 11.1 Å². The SMILES string of the molecule is CNC(C)c1ccc(F)c(-c2cccc(C3CCC3)c2)c1. The van der Waals surface area contributed by atoms with Crippen molar-refractivity contribution in [3.8, 4) is 11.1 Å². The summed E-state index contributed by atoms with van der Waals surface area (Å²) in [6.07, 6.45) is 3.85. The van der Waals surface area contributed by atoms with Crippen molar-refractivity contribution in [1.29, 1.82) is 0 Å². The highest BCUT2D eigenvalue weighted by Crippen LogP contribution is 2.38. The molecular formula is C19H22FN. The molecule has 1 nitrogen and oxygen atoms in total. The summed E-state index contributed by atoms with van der Waals surface area (Å²) >= 11 is 0. The summed E-state index contributed by atoms with van der Waals surface area (Å²) in [5.74, 6) is 0.528. The molecule has 0 bridgehead atoms. The summed E-state index contributed by atoms with van der Waals surface area (Å²) in [4.78, 5) is 0. The van der Waals surface area contributed by atoms with E-state index in [4.69, 9.17) is 0 Å². The first-order valence-electron chi connectivity index (χ1n) is 7.76. The molecule has 2 aromatic rings. The van der Waals surface area contributed by atoms with Gasteiger partial charge in [0.1, 0.15) is 5.82 Å². The van der Waals surface area contributed by atoms with E-state index < -0.39 is 0 Å². The summed E-state index contributed by atoms with van der Waals surface area (Å²) in [6, 6.07) is 14.0. The molecule has 0 amide bonds. The van der Waals surface area contributed by atoms with E-state index in [2.05, 4.69) is 30.4 Å². The second kappa shape index (κ2) is 5.98. The molecule has 0 aliphatic heterocycles. The Morgan fingerprint density at radius 3 is 2.62 bits per heavy atom. The Labute approximate surface area is 126 Å². The normalized spacial score (nSPS) is 16.5. The first-order valence-corrected chi connectivity index (χ1v) is 7.76. The Morgan fingerprint density at radius 2 is 1.95 bits per heavy atom. The van der Waals surface area contributed by atoms with Crippen LogP contribution in [0.5, 0.6) is 0 Å². The molecule has 2 heteroatoms. The average molecular weight is 283 g/mol. The lowest BCUT2D eigenvalue weighted by Gasteiger charge is -2.26. The maximum Gasteiger partial charge on any atom is 0.131 e. The van der Waals surface area contributed by atoms with E-state index >= 15 is 0 Å². The van der Waals surface area contributed by atoms with Crippen LogP contribution < -0.4 is 5.32 Å². The van der Waals surface area contributed by atoms with Gasteiger partial charge in [0.25, 0.3) is 0 Å². The van der Waals surface area contributed by atoms with Gasteiger partial charge in [-0.05, 0) is 61.6 Å². The predicted molar refractivity (Wildman–Crippen MR) is 85.9 cm³/mol. The van der Waals surface area contributed by atoms with Crippen LogP contribution in [-0.4, -0.2) is 7.05 Å². The van der Waals surface area contributed by atoms with Crippen LogP contribution in [0, 0.1) is 5.82 Å². The van der Waals surface area contributed by atoms with Gasteiger partial charge in [-0.1, -0.05) is 36.8 Å². The Kier molecular flexibility index (Phi) is 4.07. The molecule has 0 saturated heterocycles. The quantitative estimate of drug-likeness (QED) is 0.828. The lowest BCUT2D eigenvalue weighted by atomic mass is 9.79. The van der Waals surface area contributed by atoms with E-state index in [-0.39, 0.29) is 11.9 Å². The smallest absolute Gasteiger partial charge is 0.131 e. The van der Waals surface area contributed by atoms with E-state index in [1.807, 2.05) is 25.2 Å².